The molecule has 2 aliphatic rings. The van der Waals surface area contributed by atoms with Crippen molar-refractivity contribution in [3.8, 4) is 5.75 Å². The summed E-state index contributed by atoms with van der Waals surface area (Å²) in [7, 11) is 1.47. The number of aliphatic hydroxyl groups excluding tert-OH is 1. The molecule has 1 aliphatic carbocycles. The van der Waals surface area contributed by atoms with Crippen LogP contribution in [0.3, 0.4) is 0 Å². The summed E-state index contributed by atoms with van der Waals surface area (Å²) in [5.74, 6) is -0.147. The molecule has 2 aromatic carbocycles. The molecule has 4 rings (SSSR count). The molecule has 0 saturated carbocycles. The van der Waals surface area contributed by atoms with E-state index in [0.717, 1.165) is 12.8 Å². The normalized spacial score (nSPS) is 16.8. The van der Waals surface area contributed by atoms with E-state index < -0.39 is 6.10 Å². The number of nitrogens with one attached hydrogen (secondary N) is 2. The summed E-state index contributed by atoms with van der Waals surface area (Å²) in [5.41, 5.74) is 3.48. The van der Waals surface area contributed by atoms with Crippen molar-refractivity contribution in [1.82, 2.24) is 15.5 Å². The molecule has 1 atom stereocenters. The number of carbonyl (C=O) groups is 2. The van der Waals surface area contributed by atoms with Crippen molar-refractivity contribution >= 4 is 11.8 Å². The zero-order valence-electron chi connectivity index (χ0n) is 18.9. The molecule has 2 amide bonds. The van der Waals surface area contributed by atoms with Crippen molar-refractivity contribution < 1.29 is 24.2 Å². The highest BCUT2D eigenvalue weighted by Gasteiger charge is 2.23. The van der Waals surface area contributed by atoms with Crippen LogP contribution < -0.4 is 15.4 Å². The third kappa shape index (κ3) is 5.71. The topological polar surface area (TPSA) is 100 Å². The number of carbonyl (C=O) groups excluding carboxylic acids is 2. The second kappa shape index (κ2) is 10.8. The van der Waals surface area contributed by atoms with E-state index in [-0.39, 0.29) is 18.4 Å². The van der Waals surface area contributed by atoms with Gasteiger partial charge in [0.15, 0.2) is 0 Å². The van der Waals surface area contributed by atoms with Gasteiger partial charge in [0.1, 0.15) is 5.75 Å². The maximum Gasteiger partial charge on any atom is 0.255 e. The Kier molecular flexibility index (Phi) is 7.59. The van der Waals surface area contributed by atoms with Crippen LogP contribution in [0.1, 0.15) is 31.8 Å². The molecule has 1 aliphatic heterocycles. The van der Waals surface area contributed by atoms with Gasteiger partial charge >= 0.3 is 0 Å². The minimum absolute atomic E-state index is 0.112. The van der Waals surface area contributed by atoms with Gasteiger partial charge in [-0.05, 0) is 42.2 Å². The lowest BCUT2D eigenvalue weighted by molar-refractivity contribution is 0.0302. The predicted molar refractivity (Wildman–Crippen MR) is 124 cm³/mol. The van der Waals surface area contributed by atoms with Crippen LogP contribution in [0, 0.1) is 0 Å². The summed E-state index contributed by atoms with van der Waals surface area (Å²) < 4.78 is 10.7. The number of benzene rings is 2. The molecule has 176 valence electrons. The van der Waals surface area contributed by atoms with Crippen molar-refractivity contribution in [3.05, 3.63) is 64.7 Å². The molecule has 2 aromatic rings. The Morgan fingerprint density at radius 1 is 1.12 bits per heavy atom. The lowest BCUT2D eigenvalue weighted by Gasteiger charge is -2.27. The summed E-state index contributed by atoms with van der Waals surface area (Å²) >= 11 is 0. The van der Waals surface area contributed by atoms with Crippen molar-refractivity contribution in [1.29, 1.82) is 0 Å². The Balaban J connectivity index is 1.27. The zero-order valence-corrected chi connectivity index (χ0v) is 18.9. The number of nitrogens with zero attached hydrogens (tertiary/aromatic N) is 1. The molecule has 0 spiro atoms. The molecule has 0 bridgehead atoms. The molecule has 8 nitrogen and oxygen atoms in total. The number of ether oxygens (including phenoxy) is 2. The van der Waals surface area contributed by atoms with E-state index in [2.05, 4.69) is 22.8 Å². The van der Waals surface area contributed by atoms with Crippen LogP contribution in [0.2, 0.25) is 0 Å². The van der Waals surface area contributed by atoms with Crippen LogP contribution in [0.15, 0.2) is 42.5 Å². The van der Waals surface area contributed by atoms with E-state index in [1.54, 1.807) is 23.1 Å². The highest BCUT2D eigenvalue weighted by Crippen LogP contribution is 2.22. The maximum absolute atomic E-state index is 12.7. The summed E-state index contributed by atoms with van der Waals surface area (Å²) in [5, 5.41) is 16.5. The number of amides is 2. The largest absolute Gasteiger partial charge is 0.496 e. The SMILES string of the molecule is COc1cc(C(=O)N2CCOCC2)ccc1C(=O)NCC(O)CNC1Cc2ccccc2C1. The van der Waals surface area contributed by atoms with E-state index >= 15 is 0 Å². The van der Waals surface area contributed by atoms with E-state index in [1.807, 2.05) is 12.1 Å². The molecule has 1 fully saturated rings. The molecule has 33 heavy (non-hydrogen) atoms. The highest BCUT2D eigenvalue weighted by molar-refractivity contribution is 6.00. The first-order chi connectivity index (χ1) is 16.0. The molecule has 8 heteroatoms. The Morgan fingerprint density at radius 2 is 1.82 bits per heavy atom. The smallest absolute Gasteiger partial charge is 0.255 e. The van der Waals surface area contributed by atoms with Crippen molar-refractivity contribution in [2.24, 2.45) is 0 Å². The lowest BCUT2D eigenvalue weighted by Crippen LogP contribution is -2.42. The number of aliphatic hydroxyl groups is 1. The highest BCUT2D eigenvalue weighted by atomic mass is 16.5. The van der Waals surface area contributed by atoms with Gasteiger partial charge in [-0.15, -0.1) is 0 Å². The summed E-state index contributed by atoms with van der Waals surface area (Å²) in [6, 6.07) is 13.5. The fourth-order valence-corrected chi connectivity index (χ4v) is 4.34. The van der Waals surface area contributed by atoms with Crippen molar-refractivity contribution in [2.75, 3.05) is 46.5 Å². The average Bonchev–Trinajstić information content (AvgIpc) is 3.29. The van der Waals surface area contributed by atoms with Crippen LogP contribution in [0.25, 0.3) is 0 Å². The first-order valence-electron chi connectivity index (χ1n) is 11.4. The van der Waals surface area contributed by atoms with Gasteiger partial charge in [-0.25, -0.2) is 0 Å². The number of morpholine rings is 1. The lowest BCUT2D eigenvalue weighted by atomic mass is 10.1. The molecular formula is C25H31N3O5. The standard InChI is InChI=1S/C25H31N3O5/c1-32-23-14-19(25(31)28-8-10-33-11-9-28)6-7-22(23)24(30)27-16-21(29)15-26-20-12-17-4-2-3-5-18(17)13-20/h2-7,14,20-21,26,29H,8-13,15-16H2,1H3,(H,27,30). The van der Waals surface area contributed by atoms with E-state index in [0.29, 0.717) is 55.8 Å². The van der Waals surface area contributed by atoms with Gasteiger partial charge in [0.25, 0.3) is 11.8 Å². The molecule has 1 heterocycles. The molecule has 3 N–H and O–H groups in total. The number of rotatable bonds is 8. The van der Waals surface area contributed by atoms with Crippen LogP contribution >= 0.6 is 0 Å². The van der Waals surface area contributed by atoms with Gasteiger partial charge < -0.3 is 30.1 Å². The Hall–Kier alpha value is -2.94. The predicted octanol–water partition coefficient (Wildman–Crippen LogP) is 1.02. The van der Waals surface area contributed by atoms with Crippen LogP contribution in [0.5, 0.6) is 5.75 Å². The first kappa shape index (κ1) is 23.2. The first-order valence-corrected chi connectivity index (χ1v) is 11.4. The van der Waals surface area contributed by atoms with Gasteiger partial charge in [-0.2, -0.15) is 0 Å². The Labute approximate surface area is 193 Å². The van der Waals surface area contributed by atoms with Crippen molar-refractivity contribution in [3.63, 3.8) is 0 Å². The molecular weight excluding hydrogens is 422 g/mol. The number of methoxy groups -OCH3 is 1. The van der Waals surface area contributed by atoms with E-state index in [4.69, 9.17) is 9.47 Å². The minimum atomic E-state index is -0.717. The monoisotopic (exact) mass is 453 g/mol. The van der Waals surface area contributed by atoms with Crippen LogP contribution in [-0.2, 0) is 17.6 Å². The maximum atomic E-state index is 12.7. The average molecular weight is 454 g/mol. The van der Waals surface area contributed by atoms with Gasteiger partial charge in [0.2, 0.25) is 0 Å². The Morgan fingerprint density at radius 3 is 2.48 bits per heavy atom. The minimum Gasteiger partial charge on any atom is -0.496 e. The Bertz CT molecular complexity index is 965. The fourth-order valence-electron chi connectivity index (χ4n) is 4.34. The fraction of sp³-hybridized carbons (Fsp3) is 0.440. The van der Waals surface area contributed by atoms with Gasteiger partial charge in [0, 0.05) is 37.8 Å². The second-order valence-corrected chi connectivity index (χ2v) is 8.47. The quantitative estimate of drug-likeness (QED) is 0.552. The number of fused-ring (bicyclic) bond motifs is 1. The summed E-state index contributed by atoms with van der Waals surface area (Å²) in [6.07, 6.45) is 1.18. The molecule has 0 aromatic heterocycles. The molecule has 1 saturated heterocycles. The van der Waals surface area contributed by atoms with E-state index in [1.165, 1.54) is 18.2 Å². The third-order valence-corrected chi connectivity index (χ3v) is 6.18. The zero-order chi connectivity index (χ0) is 23.2. The van der Waals surface area contributed by atoms with Crippen LogP contribution in [-0.4, -0.2) is 80.5 Å². The van der Waals surface area contributed by atoms with Gasteiger partial charge in [-0.1, -0.05) is 24.3 Å². The van der Waals surface area contributed by atoms with Crippen molar-refractivity contribution in [2.45, 2.75) is 25.0 Å². The third-order valence-electron chi connectivity index (χ3n) is 6.18. The van der Waals surface area contributed by atoms with E-state index in [9.17, 15) is 14.7 Å². The van der Waals surface area contributed by atoms with Gasteiger partial charge in [-0.3, -0.25) is 9.59 Å². The number of hydrogen-bond acceptors (Lipinski definition) is 6. The summed E-state index contributed by atoms with van der Waals surface area (Å²) in [4.78, 5) is 27.1. The second-order valence-electron chi connectivity index (χ2n) is 8.47. The number of hydrogen-bond donors (Lipinski definition) is 3. The summed E-state index contributed by atoms with van der Waals surface area (Å²) in [6.45, 7) is 2.64. The van der Waals surface area contributed by atoms with Gasteiger partial charge in [0.05, 0.1) is 32.0 Å². The molecule has 0 radical (unpaired) electrons. The van der Waals surface area contributed by atoms with Crippen LogP contribution in [0.4, 0.5) is 0 Å². The molecule has 1 unspecified atom stereocenters.